The van der Waals surface area contributed by atoms with Gasteiger partial charge in [-0.1, -0.05) is 6.07 Å². The van der Waals surface area contributed by atoms with Gasteiger partial charge in [0.25, 0.3) is 0 Å². The number of piperidine rings is 1. The summed E-state index contributed by atoms with van der Waals surface area (Å²) in [7, 11) is 0. The van der Waals surface area contributed by atoms with Crippen LogP contribution in [0.3, 0.4) is 0 Å². The first kappa shape index (κ1) is 24.3. The Kier molecular flexibility index (Phi) is 6.55. The second kappa shape index (κ2) is 9.96. The lowest BCUT2D eigenvalue weighted by atomic mass is 9.89. The van der Waals surface area contributed by atoms with Crippen molar-refractivity contribution in [2.45, 2.75) is 45.6 Å². The monoisotopic (exact) mass is 504 g/mol. The van der Waals surface area contributed by atoms with Gasteiger partial charge >= 0.3 is 0 Å². The smallest absolute Gasteiger partial charge is 0.227 e. The standard InChI is InChI=1S/C25H29FN10O/c1-16-10-20(30-21-11-17(2)33-34-21)31-24(29-16)35-8-6-25(3,7-9-35)32-23(37)12-18-4-5-22(27-13-18)36-15-19(26)14-28-36/h4-5,10-11,13-15H,6-9,12H2,1-3H3,(H,32,37)(H2,29,30,31,33,34). The van der Waals surface area contributed by atoms with Crippen LogP contribution >= 0.6 is 0 Å². The zero-order valence-electron chi connectivity index (χ0n) is 21.0. The SMILES string of the molecule is Cc1cc(Nc2cc(C)[nH]n2)nc(N2CCC(C)(NC(=O)Cc3ccc(-n4cc(F)cn4)nc3)CC2)n1. The fourth-order valence-corrected chi connectivity index (χ4v) is 4.35. The number of H-pyrrole nitrogens is 1. The second-order valence-electron chi connectivity index (χ2n) is 9.66. The van der Waals surface area contributed by atoms with Gasteiger partial charge in [-0.3, -0.25) is 9.89 Å². The molecule has 5 rings (SSSR count). The number of aromatic amines is 1. The number of amides is 1. The quantitative estimate of drug-likeness (QED) is 0.350. The fourth-order valence-electron chi connectivity index (χ4n) is 4.35. The Hall–Kier alpha value is -4.35. The van der Waals surface area contributed by atoms with E-state index in [-0.39, 0.29) is 17.9 Å². The second-order valence-corrected chi connectivity index (χ2v) is 9.66. The number of carbonyl (C=O) groups excluding carboxylic acids is 1. The van der Waals surface area contributed by atoms with Crippen LogP contribution in [0.1, 0.15) is 36.7 Å². The van der Waals surface area contributed by atoms with E-state index in [1.165, 1.54) is 10.9 Å². The van der Waals surface area contributed by atoms with Gasteiger partial charge in [0.2, 0.25) is 11.9 Å². The van der Waals surface area contributed by atoms with E-state index < -0.39 is 5.82 Å². The Morgan fingerprint density at radius 2 is 1.95 bits per heavy atom. The Labute approximate surface area is 213 Å². The van der Waals surface area contributed by atoms with E-state index in [0.717, 1.165) is 49.1 Å². The van der Waals surface area contributed by atoms with Crippen molar-refractivity contribution < 1.29 is 9.18 Å². The molecular weight excluding hydrogens is 475 g/mol. The molecule has 0 saturated carbocycles. The van der Waals surface area contributed by atoms with E-state index in [9.17, 15) is 9.18 Å². The highest BCUT2D eigenvalue weighted by molar-refractivity contribution is 5.79. The minimum absolute atomic E-state index is 0.0665. The molecule has 0 atom stereocenters. The molecule has 0 aromatic carbocycles. The van der Waals surface area contributed by atoms with Crippen LogP contribution in [0.5, 0.6) is 0 Å². The zero-order chi connectivity index (χ0) is 26.0. The highest BCUT2D eigenvalue weighted by atomic mass is 19.1. The average molecular weight is 505 g/mol. The molecule has 1 saturated heterocycles. The van der Waals surface area contributed by atoms with Crippen LogP contribution in [0.4, 0.5) is 22.0 Å². The molecule has 37 heavy (non-hydrogen) atoms. The Morgan fingerprint density at radius 1 is 1.14 bits per heavy atom. The first-order valence-electron chi connectivity index (χ1n) is 12.1. The van der Waals surface area contributed by atoms with Gasteiger partial charge in [0.1, 0.15) is 5.82 Å². The number of nitrogens with one attached hydrogen (secondary N) is 3. The summed E-state index contributed by atoms with van der Waals surface area (Å²) in [6, 6.07) is 7.32. The Morgan fingerprint density at radius 3 is 2.59 bits per heavy atom. The van der Waals surface area contributed by atoms with Crippen LogP contribution in [0.2, 0.25) is 0 Å². The lowest BCUT2D eigenvalue weighted by Gasteiger charge is -2.40. The number of hydrogen-bond acceptors (Lipinski definition) is 8. The number of nitrogens with zero attached hydrogens (tertiary/aromatic N) is 7. The third kappa shape index (κ3) is 5.90. The van der Waals surface area contributed by atoms with Gasteiger partial charge in [0.15, 0.2) is 17.5 Å². The number of carbonyl (C=O) groups is 1. The molecule has 1 amide bonds. The minimum atomic E-state index is -0.431. The zero-order valence-corrected chi connectivity index (χ0v) is 21.0. The Bertz CT molecular complexity index is 1390. The number of aryl methyl sites for hydroxylation is 2. The number of halogens is 1. The van der Waals surface area contributed by atoms with Gasteiger partial charge in [0, 0.05) is 48.3 Å². The third-order valence-corrected chi connectivity index (χ3v) is 6.36. The molecule has 5 heterocycles. The van der Waals surface area contributed by atoms with Gasteiger partial charge in [-0.25, -0.2) is 19.0 Å². The molecule has 192 valence electrons. The number of pyridine rings is 1. The number of rotatable bonds is 7. The molecule has 11 nitrogen and oxygen atoms in total. The van der Waals surface area contributed by atoms with Crippen molar-refractivity contribution in [1.82, 2.24) is 40.2 Å². The lowest BCUT2D eigenvalue weighted by Crippen LogP contribution is -2.54. The summed E-state index contributed by atoms with van der Waals surface area (Å²) in [4.78, 5) is 28.5. The maximum absolute atomic E-state index is 13.2. The van der Waals surface area contributed by atoms with Crippen molar-refractivity contribution in [3.05, 3.63) is 65.6 Å². The first-order valence-corrected chi connectivity index (χ1v) is 12.1. The summed E-state index contributed by atoms with van der Waals surface area (Å²) in [5, 5.41) is 17.4. The number of anilines is 3. The molecular formula is C25H29FN10O. The highest BCUT2D eigenvalue weighted by Gasteiger charge is 2.32. The molecule has 4 aromatic heterocycles. The van der Waals surface area contributed by atoms with Gasteiger partial charge < -0.3 is 15.5 Å². The van der Waals surface area contributed by atoms with Crippen LogP contribution in [-0.4, -0.2) is 59.5 Å². The number of aromatic nitrogens is 7. The normalized spacial score (nSPS) is 15.0. The maximum Gasteiger partial charge on any atom is 0.227 e. The van der Waals surface area contributed by atoms with Gasteiger partial charge in [-0.05, 0) is 45.2 Å². The molecule has 0 unspecified atom stereocenters. The van der Waals surface area contributed by atoms with E-state index in [0.29, 0.717) is 23.4 Å². The van der Waals surface area contributed by atoms with Crippen LogP contribution in [0, 0.1) is 19.7 Å². The molecule has 0 radical (unpaired) electrons. The first-order chi connectivity index (χ1) is 17.7. The van der Waals surface area contributed by atoms with Crippen LogP contribution in [0.25, 0.3) is 5.82 Å². The van der Waals surface area contributed by atoms with Gasteiger partial charge in [-0.2, -0.15) is 15.2 Å². The van der Waals surface area contributed by atoms with E-state index in [2.05, 4.69) is 52.7 Å². The lowest BCUT2D eigenvalue weighted by molar-refractivity contribution is -0.122. The summed E-state index contributed by atoms with van der Waals surface area (Å²) in [6.07, 6.45) is 5.73. The van der Waals surface area contributed by atoms with Crippen molar-refractivity contribution >= 4 is 23.5 Å². The van der Waals surface area contributed by atoms with E-state index in [1.54, 1.807) is 18.3 Å². The summed E-state index contributed by atoms with van der Waals surface area (Å²) < 4.78 is 14.5. The summed E-state index contributed by atoms with van der Waals surface area (Å²) in [5.74, 6) is 2.04. The molecule has 0 bridgehead atoms. The van der Waals surface area contributed by atoms with Crippen molar-refractivity contribution in [3.8, 4) is 5.82 Å². The molecule has 3 N–H and O–H groups in total. The van der Waals surface area contributed by atoms with Crippen LogP contribution in [-0.2, 0) is 11.2 Å². The predicted octanol–water partition coefficient (Wildman–Crippen LogP) is 3.00. The molecule has 4 aromatic rings. The van der Waals surface area contributed by atoms with E-state index >= 15 is 0 Å². The van der Waals surface area contributed by atoms with Crippen molar-refractivity contribution in [2.24, 2.45) is 0 Å². The molecule has 0 aliphatic carbocycles. The largest absolute Gasteiger partial charge is 0.351 e. The van der Waals surface area contributed by atoms with E-state index in [1.807, 2.05) is 26.0 Å². The van der Waals surface area contributed by atoms with Crippen LogP contribution < -0.4 is 15.5 Å². The third-order valence-electron chi connectivity index (χ3n) is 6.36. The van der Waals surface area contributed by atoms with Gasteiger partial charge in [0.05, 0.1) is 18.8 Å². The van der Waals surface area contributed by atoms with Crippen LogP contribution in [0.15, 0.2) is 42.9 Å². The molecule has 1 fully saturated rings. The predicted molar refractivity (Wildman–Crippen MR) is 136 cm³/mol. The molecule has 0 spiro atoms. The minimum Gasteiger partial charge on any atom is -0.351 e. The van der Waals surface area contributed by atoms with E-state index in [4.69, 9.17) is 0 Å². The average Bonchev–Trinajstić information content (AvgIpc) is 3.47. The fraction of sp³-hybridized carbons (Fsp3) is 0.360. The maximum atomic E-state index is 13.2. The number of hydrogen-bond donors (Lipinski definition) is 3. The molecule has 1 aliphatic heterocycles. The molecule has 12 heteroatoms. The molecule has 1 aliphatic rings. The topological polar surface area (TPSA) is 130 Å². The highest BCUT2D eigenvalue weighted by Crippen LogP contribution is 2.26. The van der Waals surface area contributed by atoms with Gasteiger partial charge in [-0.15, -0.1) is 0 Å². The van der Waals surface area contributed by atoms with Crippen molar-refractivity contribution in [1.29, 1.82) is 0 Å². The summed E-state index contributed by atoms with van der Waals surface area (Å²) in [5.41, 5.74) is 2.27. The Balaban J connectivity index is 1.16. The van der Waals surface area contributed by atoms with Crippen molar-refractivity contribution in [3.63, 3.8) is 0 Å². The summed E-state index contributed by atoms with van der Waals surface area (Å²) in [6.45, 7) is 7.39. The van der Waals surface area contributed by atoms with Crippen molar-refractivity contribution in [2.75, 3.05) is 23.3 Å². The summed E-state index contributed by atoms with van der Waals surface area (Å²) >= 11 is 0.